The number of nitrogens with one attached hydrogen (secondary N) is 2. The van der Waals surface area contributed by atoms with Crippen molar-refractivity contribution < 1.29 is 13.9 Å². The van der Waals surface area contributed by atoms with Crippen LogP contribution in [0.1, 0.15) is 19.8 Å². The summed E-state index contributed by atoms with van der Waals surface area (Å²) < 4.78 is 18.7. The number of hydrogen-bond acceptors (Lipinski definition) is 3. The van der Waals surface area contributed by atoms with Crippen LogP contribution in [0.15, 0.2) is 24.3 Å². The van der Waals surface area contributed by atoms with Gasteiger partial charge in [-0.05, 0) is 37.8 Å². The van der Waals surface area contributed by atoms with Crippen LogP contribution in [0, 0.1) is 11.7 Å². The Morgan fingerprint density at radius 1 is 1.40 bits per heavy atom. The van der Waals surface area contributed by atoms with Gasteiger partial charge in [-0.1, -0.05) is 12.1 Å². The first-order valence-electron chi connectivity index (χ1n) is 7.02. The third-order valence-electron chi connectivity index (χ3n) is 3.71. The average Bonchev–Trinajstić information content (AvgIpc) is 2.48. The maximum absolute atomic E-state index is 13.4. The Kier molecular flexibility index (Phi) is 5.49. The van der Waals surface area contributed by atoms with Gasteiger partial charge in [0.2, 0.25) is 5.91 Å². The molecule has 2 N–H and O–H groups in total. The van der Waals surface area contributed by atoms with Gasteiger partial charge in [-0.2, -0.15) is 0 Å². The number of hydrogen-bond donors (Lipinski definition) is 2. The van der Waals surface area contributed by atoms with Crippen LogP contribution in [0.2, 0.25) is 0 Å². The van der Waals surface area contributed by atoms with Gasteiger partial charge >= 0.3 is 0 Å². The minimum absolute atomic E-state index is 0.187. The van der Waals surface area contributed by atoms with E-state index in [1.54, 1.807) is 18.2 Å². The maximum Gasteiger partial charge on any atom is 0.238 e. The molecule has 2 rings (SSSR count). The van der Waals surface area contributed by atoms with Crippen molar-refractivity contribution in [2.45, 2.75) is 25.8 Å². The Labute approximate surface area is 118 Å². The summed E-state index contributed by atoms with van der Waals surface area (Å²) in [6, 6.07) is 6.42. The topological polar surface area (TPSA) is 50.4 Å². The highest BCUT2D eigenvalue weighted by atomic mass is 19.1. The smallest absolute Gasteiger partial charge is 0.238 e. The van der Waals surface area contributed by atoms with Crippen LogP contribution in [0.3, 0.4) is 0 Å². The molecule has 4 nitrogen and oxygen atoms in total. The van der Waals surface area contributed by atoms with Gasteiger partial charge in [-0.25, -0.2) is 4.39 Å². The number of halogens is 1. The summed E-state index contributed by atoms with van der Waals surface area (Å²) in [5.74, 6) is -0.114. The number of rotatable bonds is 5. The van der Waals surface area contributed by atoms with Crippen LogP contribution in [-0.4, -0.2) is 31.7 Å². The molecule has 0 saturated carbocycles. The van der Waals surface area contributed by atoms with Gasteiger partial charge in [0.15, 0.2) is 0 Å². The van der Waals surface area contributed by atoms with Gasteiger partial charge in [-0.3, -0.25) is 4.79 Å². The second kappa shape index (κ2) is 7.36. The third kappa shape index (κ3) is 4.28. The number of carbonyl (C=O) groups excluding carboxylic acids is 1. The lowest BCUT2D eigenvalue weighted by Crippen LogP contribution is -2.40. The molecule has 0 bridgehead atoms. The number of ether oxygens (including phenoxy) is 1. The van der Waals surface area contributed by atoms with Crippen LogP contribution < -0.4 is 10.6 Å². The Bertz CT molecular complexity index is 447. The summed E-state index contributed by atoms with van der Waals surface area (Å²) in [4.78, 5) is 11.8. The monoisotopic (exact) mass is 280 g/mol. The molecule has 110 valence electrons. The molecule has 5 heteroatoms. The molecular weight excluding hydrogens is 259 g/mol. The van der Waals surface area contributed by atoms with Crippen molar-refractivity contribution in [1.29, 1.82) is 0 Å². The molecule has 1 aliphatic rings. The van der Waals surface area contributed by atoms with Crippen molar-refractivity contribution >= 4 is 11.6 Å². The van der Waals surface area contributed by atoms with E-state index in [-0.39, 0.29) is 24.2 Å². The maximum atomic E-state index is 13.4. The predicted molar refractivity (Wildman–Crippen MR) is 76.0 cm³/mol. The van der Waals surface area contributed by atoms with Crippen molar-refractivity contribution in [3.63, 3.8) is 0 Å². The van der Waals surface area contributed by atoms with E-state index in [2.05, 4.69) is 17.6 Å². The first-order chi connectivity index (χ1) is 9.66. The molecule has 1 aromatic carbocycles. The molecule has 1 amide bonds. The molecule has 1 aliphatic heterocycles. The fourth-order valence-corrected chi connectivity index (χ4v) is 2.39. The normalized spacial score (nSPS) is 17.7. The molecule has 20 heavy (non-hydrogen) atoms. The van der Waals surface area contributed by atoms with Gasteiger partial charge in [0.05, 0.1) is 12.2 Å². The van der Waals surface area contributed by atoms with Crippen molar-refractivity contribution in [3.8, 4) is 0 Å². The van der Waals surface area contributed by atoms with E-state index in [0.29, 0.717) is 5.92 Å². The van der Waals surface area contributed by atoms with Gasteiger partial charge < -0.3 is 15.4 Å². The van der Waals surface area contributed by atoms with E-state index in [4.69, 9.17) is 4.74 Å². The fourth-order valence-electron chi connectivity index (χ4n) is 2.39. The minimum atomic E-state index is -0.418. The zero-order chi connectivity index (χ0) is 14.4. The molecule has 1 atom stereocenters. The zero-order valence-corrected chi connectivity index (χ0v) is 11.7. The number of carbonyl (C=O) groups is 1. The third-order valence-corrected chi connectivity index (χ3v) is 3.71. The van der Waals surface area contributed by atoms with Crippen LogP contribution in [0.4, 0.5) is 10.1 Å². The van der Waals surface area contributed by atoms with Crippen LogP contribution in [0.25, 0.3) is 0 Å². The van der Waals surface area contributed by atoms with Gasteiger partial charge in [0, 0.05) is 19.3 Å². The lowest BCUT2D eigenvalue weighted by atomic mass is 9.93. The Morgan fingerprint density at radius 2 is 2.10 bits per heavy atom. The highest BCUT2D eigenvalue weighted by Crippen LogP contribution is 2.18. The van der Waals surface area contributed by atoms with E-state index in [0.717, 1.165) is 26.1 Å². The van der Waals surface area contributed by atoms with E-state index < -0.39 is 5.82 Å². The number of anilines is 1. The first kappa shape index (κ1) is 14.9. The second-order valence-corrected chi connectivity index (χ2v) is 5.15. The standard InChI is InChI=1S/C15H21FN2O2/c1-11(12-6-8-20-9-7-12)17-10-15(19)18-14-5-3-2-4-13(14)16/h2-5,11-12,17H,6-10H2,1H3,(H,18,19)/t11-/m0/s1. The molecule has 1 aromatic rings. The highest BCUT2D eigenvalue weighted by molar-refractivity contribution is 5.92. The lowest BCUT2D eigenvalue weighted by molar-refractivity contribution is -0.115. The SMILES string of the molecule is C[C@H](NCC(=O)Nc1ccccc1F)C1CCOCC1. The summed E-state index contributed by atoms with van der Waals surface area (Å²) in [6.07, 6.45) is 2.03. The zero-order valence-electron chi connectivity index (χ0n) is 11.7. The Hall–Kier alpha value is -1.46. The molecule has 1 saturated heterocycles. The largest absolute Gasteiger partial charge is 0.381 e. The summed E-state index contributed by atoms with van der Waals surface area (Å²) >= 11 is 0. The Balaban J connectivity index is 1.76. The second-order valence-electron chi connectivity index (χ2n) is 5.15. The van der Waals surface area contributed by atoms with E-state index in [1.807, 2.05) is 0 Å². The number of amides is 1. The quantitative estimate of drug-likeness (QED) is 0.869. The molecule has 0 aliphatic carbocycles. The van der Waals surface area contributed by atoms with Crippen molar-refractivity contribution in [3.05, 3.63) is 30.1 Å². The van der Waals surface area contributed by atoms with E-state index in [1.165, 1.54) is 6.07 Å². The van der Waals surface area contributed by atoms with E-state index >= 15 is 0 Å². The van der Waals surface area contributed by atoms with Crippen molar-refractivity contribution in [2.75, 3.05) is 25.1 Å². The predicted octanol–water partition coefficient (Wildman–Crippen LogP) is 2.17. The van der Waals surface area contributed by atoms with Crippen LogP contribution in [0.5, 0.6) is 0 Å². The summed E-state index contributed by atoms with van der Waals surface area (Å²) in [5, 5.41) is 5.77. The molecule has 0 aromatic heterocycles. The fraction of sp³-hybridized carbons (Fsp3) is 0.533. The minimum Gasteiger partial charge on any atom is -0.381 e. The molecule has 1 heterocycles. The average molecular weight is 280 g/mol. The lowest BCUT2D eigenvalue weighted by Gasteiger charge is -2.28. The number of benzene rings is 1. The molecule has 0 unspecified atom stereocenters. The van der Waals surface area contributed by atoms with Gasteiger partial charge in [0.25, 0.3) is 0 Å². The summed E-state index contributed by atoms with van der Waals surface area (Å²) in [6.45, 7) is 3.84. The summed E-state index contributed by atoms with van der Waals surface area (Å²) in [5.41, 5.74) is 0.220. The Morgan fingerprint density at radius 3 is 2.80 bits per heavy atom. The molecule has 0 spiro atoms. The van der Waals surface area contributed by atoms with Crippen LogP contribution >= 0.6 is 0 Å². The number of para-hydroxylation sites is 1. The summed E-state index contributed by atoms with van der Waals surface area (Å²) in [7, 11) is 0. The van der Waals surface area contributed by atoms with E-state index in [9.17, 15) is 9.18 Å². The molecular formula is C15H21FN2O2. The van der Waals surface area contributed by atoms with Crippen LogP contribution in [-0.2, 0) is 9.53 Å². The highest BCUT2D eigenvalue weighted by Gasteiger charge is 2.20. The molecule has 0 radical (unpaired) electrons. The molecule has 1 fully saturated rings. The van der Waals surface area contributed by atoms with Gasteiger partial charge in [-0.15, -0.1) is 0 Å². The van der Waals surface area contributed by atoms with Crippen molar-refractivity contribution in [1.82, 2.24) is 5.32 Å². The first-order valence-corrected chi connectivity index (χ1v) is 7.02. The van der Waals surface area contributed by atoms with Crippen molar-refractivity contribution in [2.24, 2.45) is 5.92 Å². The van der Waals surface area contributed by atoms with Gasteiger partial charge in [0.1, 0.15) is 5.82 Å².